The molecule has 1 aromatic heterocycles. The number of hydrogen-bond donors (Lipinski definition) is 1. The second kappa shape index (κ2) is 5.99. The van der Waals surface area contributed by atoms with Crippen molar-refractivity contribution in [2.75, 3.05) is 0 Å². The standard InChI is InChI=1S/C17H9FN2O2S/c18-13-7-3-1-5-10(13)15(21)12(9-19)17-20-16(22)11-6-2-4-8-14(11)23-17/h1-8,21H. The van der Waals surface area contributed by atoms with Gasteiger partial charge < -0.3 is 5.11 Å². The summed E-state index contributed by atoms with van der Waals surface area (Å²) in [6.45, 7) is 0. The smallest absolute Gasteiger partial charge is 0.279 e. The molecule has 1 heterocycles. The Hall–Kier alpha value is -3.04. The van der Waals surface area contributed by atoms with E-state index < -0.39 is 17.1 Å². The van der Waals surface area contributed by atoms with Gasteiger partial charge in [-0.2, -0.15) is 10.2 Å². The van der Waals surface area contributed by atoms with Gasteiger partial charge in [0.1, 0.15) is 28.2 Å². The molecule has 0 unspecified atom stereocenters. The predicted molar refractivity (Wildman–Crippen MR) is 87.3 cm³/mol. The molecule has 2 aromatic carbocycles. The summed E-state index contributed by atoms with van der Waals surface area (Å²) < 4.78 is 14.4. The summed E-state index contributed by atoms with van der Waals surface area (Å²) in [6, 6.07) is 14.2. The van der Waals surface area contributed by atoms with Crippen LogP contribution in [0.25, 0.3) is 21.4 Å². The lowest BCUT2D eigenvalue weighted by molar-refractivity contribution is 0.504. The Morgan fingerprint density at radius 2 is 1.87 bits per heavy atom. The van der Waals surface area contributed by atoms with E-state index in [4.69, 9.17) is 0 Å². The summed E-state index contributed by atoms with van der Waals surface area (Å²) in [6.07, 6.45) is 0. The number of fused-ring (bicyclic) bond motifs is 1. The number of rotatable bonds is 2. The highest BCUT2D eigenvalue weighted by molar-refractivity contribution is 7.19. The Balaban J connectivity index is 2.27. The zero-order valence-electron chi connectivity index (χ0n) is 11.7. The molecule has 112 valence electrons. The second-order valence-electron chi connectivity index (χ2n) is 4.64. The predicted octanol–water partition coefficient (Wildman–Crippen LogP) is 3.75. The molecule has 6 heteroatoms. The molecule has 0 amide bonds. The molecule has 3 rings (SSSR count). The molecule has 0 aliphatic heterocycles. The Morgan fingerprint density at radius 1 is 1.17 bits per heavy atom. The highest BCUT2D eigenvalue weighted by Gasteiger charge is 2.17. The molecule has 23 heavy (non-hydrogen) atoms. The van der Waals surface area contributed by atoms with Crippen LogP contribution >= 0.6 is 11.3 Å². The SMILES string of the molecule is N#CC(=C(O)c1ccccc1F)c1nc(=O)c2ccccc2s1. The zero-order valence-corrected chi connectivity index (χ0v) is 12.5. The maximum atomic E-state index is 13.8. The largest absolute Gasteiger partial charge is 0.506 e. The van der Waals surface area contributed by atoms with Crippen molar-refractivity contribution < 1.29 is 9.50 Å². The number of allylic oxidation sites excluding steroid dienone is 1. The average Bonchev–Trinajstić information content (AvgIpc) is 2.56. The van der Waals surface area contributed by atoms with Gasteiger partial charge in [-0.15, -0.1) is 11.3 Å². The van der Waals surface area contributed by atoms with E-state index in [1.54, 1.807) is 30.3 Å². The van der Waals surface area contributed by atoms with E-state index in [1.807, 2.05) is 6.07 Å². The summed E-state index contributed by atoms with van der Waals surface area (Å²) in [5, 5.41) is 20.1. The first kappa shape index (κ1) is 14.9. The highest BCUT2D eigenvalue weighted by Crippen LogP contribution is 2.28. The van der Waals surface area contributed by atoms with Crippen LogP contribution in [0.1, 0.15) is 10.6 Å². The first-order valence-electron chi connectivity index (χ1n) is 6.60. The van der Waals surface area contributed by atoms with Gasteiger partial charge in [0.05, 0.1) is 10.9 Å². The molecule has 1 N–H and O–H groups in total. The lowest BCUT2D eigenvalue weighted by Crippen LogP contribution is -2.08. The van der Waals surface area contributed by atoms with Crippen molar-refractivity contribution in [2.45, 2.75) is 0 Å². The average molecular weight is 324 g/mol. The molecule has 0 aliphatic carbocycles. The lowest BCUT2D eigenvalue weighted by atomic mass is 10.1. The lowest BCUT2D eigenvalue weighted by Gasteiger charge is -2.05. The number of benzene rings is 2. The van der Waals surface area contributed by atoms with E-state index in [9.17, 15) is 19.6 Å². The molecule has 4 nitrogen and oxygen atoms in total. The fourth-order valence-electron chi connectivity index (χ4n) is 2.11. The molecule has 0 bridgehead atoms. The molecular formula is C17H9FN2O2S. The number of nitrogens with zero attached hydrogens (tertiary/aromatic N) is 2. The van der Waals surface area contributed by atoms with E-state index in [-0.39, 0.29) is 16.1 Å². The number of aliphatic hydroxyl groups excluding tert-OH is 1. The fourth-order valence-corrected chi connectivity index (χ4v) is 3.10. The Labute approximate surface area is 134 Å². The van der Waals surface area contributed by atoms with Crippen LogP contribution < -0.4 is 5.56 Å². The highest BCUT2D eigenvalue weighted by atomic mass is 32.1. The molecule has 0 saturated carbocycles. The van der Waals surface area contributed by atoms with Crippen LogP contribution in [-0.4, -0.2) is 10.1 Å². The van der Waals surface area contributed by atoms with Gasteiger partial charge in [0.15, 0.2) is 0 Å². The van der Waals surface area contributed by atoms with Crippen molar-refractivity contribution in [3.05, 3.63) is 75.3 Å². The fraction of sp³-hybridized carbons (Fsp3) is 0. The third kappa shape index (κ3) is 2.70. The number of halogens is 1. The third-order valence-electron chi connectivity index (χ3n) is 3.22. The van der Waals surface area contributed by atoms with Crippen LogP contribution in [0.3, 0.4) is 0 Å². The molecule has 3 aromatic rings. The molecule has 0 atom stereocenters. The number of nitriles is 1. The zero-order chi connectivity index (χ0) is 16.4. The van der Waals surface area contributed by atoms with Gasteiger partial charge in [0.2, 0.25) is 0 Å². The number of aromatic nitrogens is 1. The van der Waals surface area contributed by atoms with Crippen molar-refractivity contribution >= 4 is 32.8 Å². The first-order chi connectivity index (χ1) is 11.1. The normalized spacial score (nSPS) is 11.8. The maximum absolute atomic E-state index is 13.8. The van der Waals surface area contributed by atoms with Crippen molar-refractivity contribution in [1.82, 2.24) is 4.98 Å². The van der Waals surface area contributed by atoms with Gasteiger partial charge in [-0.05, 0) is 24.3 Å². The van der Waals surface area contributed by atoms with E-state index in [1.165, 1.54) is 18.2 Å². The van der Waals surface area contributed by atoms with Crippen molar-refractivity contribution in [3.8, 4) is 6.07 Å². The van der Waals surface area contributed by atoms with E-state index in [0.29, 0.717) is 10.1 Å². The first-order valence-corrected chi connectivity index (χ1v) is 7.42. The van der Waals surface area contributed by atoms with Crippen molar-refractivity contribution in [2.24, 2.45) is 0 Å². The summed E-state index contributed by atoms with van der Waals surface area (Å²) in [5.74, 6) is -1.20. The summed E-state index contributed by atoms with van der Waals surface area (Å²) in [5.41, 5.74) is -0.843. The van der Waals surface area contributed by atoms with Crippen LogP contribution in [-0.2, 0) is 0 Å². The maximum Gasteiger partial charge on any atom is 0.279 e. The van der Waals surface area contributed by atoms with Gasteiger partial charge in [-0.3, -0.25) is 4.79 Å². The summed E-state index contributed by atoms with van der Waals surface area (Å²) in [7, 11) is 0. The van der Waals surface area contributed by atoms with Crippen LogP contribution in [0.2, 0.25) is 0 Å². The molecule has 0 saturated heterocycles. The van der Waals surface area contributed by atoms with Gasteiger partial charge in [-0.1, -0.05) is 24.3 Å². The molecular weight excluding hydrogens is 315 g/mol. The summed E-state index contributed by atoms with van der Waals surface area (Å²) >= 11 is 1.09. The minimum Gasteiger partial charge on any atom is -0.506 e. The molecule has 0 radical (unpaired) electrons. The molecule has 0 aliphatic rings. The molecule has 0 spiro atoms. The Morgan fingerprint density at radius 3 is 2.61 bits per heavy atom. The van der Waals surface area contributed by atoms with Gasteiger partial charge >= 0.3 is 0 Å². The quantitative estimate of drug-likeness (QED) is 0.575. The van der Waals surface area contributed by atoms with E-state index in [0.717, 1.165) is 11.3 Å². The summed E-state index contributed by atoms with van der Waals surface area (Å²) in [4.78, 5) is 15.9. The van der Waals surface area contributed by atoms with Crippen LogP contribution in [0.5, 0.6) is 0 Å². The topological polar surface area (TPSA) is 74.0 Å². The monoisotopic (exact) mass is 324 g/mol. The van der Waals surface area contributed by atoms with Crippen LogP contribution in [0, 0.1) is 17.1 Å². The van der Waals surface area contributed by atoms with Crippen LogP contribution in [0.4, 0.5) is 4.39 Å². The van der Waals surface area contributed by atoms with E-state index >= 15 is 0 Å². The number of aliphatic hydroxyl groups is 1. The Kier molecular flexibility index (Phi) is 3.87. The van der Waals surface area contributed by atoms with Crippen molar-refractivity contribution in [3.63, 3.8) is 0 Å². The minimum absolute atomic E-state index is 0.0527. The van der Waals surface area contributed by atoms with Gasteiger partial charge in [0, 0.05) is 4.70 Å². The van der Waals surface area contributed by atoms with Gasteiger partial charge in [0.25, 0.3) is 5.56 Å². The Bertz CT molecular complexity index is 1030. The van der Waals surface area contributed by atoms with Gasteiger partial charge in [-0.25, -0.2) is 4.39 Å². The van der Waals surface area contributed by atoms with Crippen molar-refractivity contribution in [1.29, 1.82) is 5.26 Å². The second-order valence-corrected chi connectivity index (χ2v) is 5.67. The molecule has 0 fully saturated rings. The minimum atomic E-state index is -0.661. The number of hydrogen-bond acceptors (Lipinski definition) is 5. The third-order valence-corrected chi connectivity index (χ3v) is 4.28. The van der Waals surface area contributed by atoms with Crippen LogP contribution in [0.15, 0.2) is 53.3 Å². The van der Waals surface area contributed by atoms with E-state index in [2.05, 4.69) is 4.98 Å².